The number of hydrogen-bond donors (Lipinski definition) is 0. The molecule has 0 N–H and O–H groups in total. The van der Waals surface area contributed by atoms with Gasteiger partial charge in [-0.25, -0.2) is 4.68 Å². The van der Waals surface area contributed by atoms with E-state index in [-0.39, 0.29) is 11.5 Å². The number of anilines is 1. The van der Waals surface area contributed by atoms with Crippen LogP contribution in [0.5, 0.6) is 0 Å². The summed E-state index contributed by atoms with van der Waals surface area (Å²) in [5.74, 6) is -0.152. The zero-order valence-corrected chi connectivity index (χ0v) is 14.1. The first kappa shape index (κ1) is 15.6. The van der Waals surface area contributed by atoms with Crippen LogP contribution in [0, 0.1) is 0 Å². The van der Waals surface area contributed by atoms with Gasteiger partial charge in [-0.2, -0.15) is 5.10 Å². The van der Waals surface area contributed by atoms with Crippen molar-refractivity contribution in [3.8, 4) is 0 Å². The predicted molar refractivity (Wildman–Crippen MR) is 98.0 cm³/mol. The summed E-state index contributed by atoms with van der Waals surface area (Å²) in [4.78, 5) is 27.5. The van der Waals surface area contributed by atoms with E-state index in [9.17, 15) is 9.59 Å². The van der Waals surface area contributed by atoms with E-state index in [1.807, 2.05) is 29.2 Å². The summed E-state index contributed by atoms with van der Waals surface area (Å²) < 4.78 is 1.25. The lowest BCUT2D eigenvalue weighted by Crippen LogP contribution is -2.34. The maximum absolute atomic E-state index is 13.3. The molecule has 2 aromatic carbocycles. The Labute approximate surface area is 145 Å². The highest BCUT2D eigenvalue weighted by Crippen LogP contribution is 2.28. The van der Waals surface area contributed by atoms with Gasteiger partial charge in [0.2, 0.25) is 0 Å². The Hall–Kier alpha value is -2.95. The minimum absolute atomic E-state index is 0.152. The van der Waals surface area contributed by atoms with Crippen molar-refractivity contribution < 1.29 is 4.79 Å². The molecule has 126 valence electrons. The van der Waals surface area contributed by atoms with Crippen molar-refractivity contribution >= 4 is 22.4 Å². The lowest BCUT2D eigenvalue weighted by atomic mass is 10.1. The molecule has 0 saturated carbocycles. The van der Waals surface area contributed by atoms with Crippen molar-refractivity contribution in [1.29, 1.82) is 0 Å². The third-order valence-corrected chi connectivity index (χ3v) is 4.76. The van der Waals surface area contributed by atoms with Crippen LogP contribution in [0.25, 0.3) is 10.8 Å². The molecule has 0 saturated heterocycles. The Balaban J connectivity index is 1.89. The fourth-order valence-corrected chi connectivity index (χ4v) is 3.49. The van der Waals surface area contributed by atoms with E-state index < -0.39 is 0 Å². The average molecular weight is 333 g/mol. The summed E-state index contributed by atoms with van der Waals surface area (Å²) in [6.45, 7) is 0.661. The van der Waals surface area contributed by atoms with Crippen molar-refractivity contribution in [3.63, 3.8) is 0 Å². The van der Waals surface area contributed by atoms with Gasteiger partial charge in [-0.15, -0.1) is 0 Å². The monoisotopic (exact) mass is 333 g/mol. The fraction of sp³-hybridized carbons (Fsp3) is 0.250. The molecule has 1 aliphatic heterocycles. The zero-order valence-electron chi connectivity index (χ0n) is 14.1. The molecular weight excluding hydrogens is 314 g/mol. The maximum atomic E-state index is 13.3. The quantitative estimate of drug-likeness (QED) is 0.688. The molecular formula is C20H19N3O2. The Morgan fingerprint density at radius 1 is 1.00 bits per heavy atom. The number of para-hydroxylation sites is 1. The van der Waals surface area contributed by atoms with Crippen LogP contribution in [0.15, 0.2) is 53.3 Å². The standard InChI is InChI=1S/C20H19N3O2/c1-22-19(24)16-11-4-3-10-15(16)18(21-22)20(25)23-13-7-6-9-14-8-2-5-12-17(14)23/h2-5,8,10-12H,6-7,9,13H2,1H3. The van der Waals surface area contributed by atoms with Crippen LogP contribution in [0.3, 0.4) is 0 Å². The van der Waals surface area contributed by atoms with Crippen LogP contribution in [0.2, 0.25) is 0 Å². The van der Waals surface area contributed by atoms with E-state index in [1.54, 1.807) is 25.2 Å². The summed E-state index contributed by atoms with van der Waals surface area (Å²) in [6, 6.07) is 15.2. The van der Waals surface area contributed by atoms with Gasteiger partial charge in [0.25, 0.3) is 11.5 Å². The number of rotatable bonds is 1. The number of carbonyl (C=O) groups excluding carboxylic acids is 1. The normalized spacial score (nSPS) is 14.2. The molecule has 0 bridgehead atoms. The van der Waals surface area contributed by atoms with Crippen molar-refractivity contribution in [2.24, 2.45) is 7.05 Å². The second-order valence-corrected chi connectivity index (χ2v) is 6.37. The largest absolute Gasteiger partial charge is 0.307 e. The highest BCUT2D eigenvalue weighted by molar-refractivity contribution is 6.12. The third kappa shape index (κ3) is 2.61. The van der Waals surface area contributed by atoms with Crippen molar-refractivity contribution in [2.75, 3.05) is 11.4 Å². The Morgan fingerprint density at radius 3 is 2.56 bits per heavy atom. The summed E-state index contributed by atoms with van der Waals surface area (Å²) >= 11 is 0. The topological polar surface area (TPSA) is 55.2 Å². The minimum Gasteiger partial charge on any atom is -0.307 e. The molecule has 3 aromatic rings. The van der Waals surface area contributed by atoms with E-state index in [0.717, 1.165) is 24.9 Å². The molecule has 0 unspecified atom stereocenters. The van der Waals surface area contributed by atoms with Crippen molar-refractivity contribution in [3.05, 3.63) is 70.1 Å². The van der Waals surface area contributed by atoms with E-state index in [1.165, 1.54) is 10.2 Å². The molecule has 0 fully saturated rings. The molecule has 0 spiro atoms. The van der Waals surface area contributed by atoms with Gasteiger partial charge in [-0.3, -0.25) is 9.59 Å². The van der Waals surface area contributed by atoms with Crippen molar-refractivity contribution in [2.45, 2.75) is 19.3 Å². The molecule has 1 aliphatic rings. The van der Waals surface area contributed by atoms with Crippen LogP contribution >= 0.6 is 0 Å². The third-order valence-electron chi connectivity index (χ3n) is 4.76. The van der Waals surface area contributed by atoms with Gasteiger partial charge in [0.05, 0.1) is 5.39 Å². The highest BCUT2D eigenvalue weighted by Gasteiger charge is 2.25. The summed E-state index contributed by atoms with van der Waals surface area (Å²) in [6.07, 6.45) is 2.98. The maximum Gasteiger partial charge on any atom is 0.279 e. The first-order valence-electron chi connectivity index (χ1n) is 8.52. The van der Waals surface area contributed by atoms with Gasteiger partial charge in [-0.1, -0.05) is 36.4 Å². The molecule has 0 atom stereocenters. The molecule has 0 aliphatic carbocycles. The summed E-state index contributed by atoms with van der Waals surface area (Å²) in [7, 11) is 1.59. The van der Waals surface area contributed by atoms with Gasteiger partial charge in [0.15, 0.2) is 5.69 Å². The molecule has 1 amide bonds. The summed E-state index contributed by atoms with van der Waals surface area (Å²) in [5.41, 5.74) is 2.27. The molecule has 0 radical (unpaired) electrons. The van der Waals surface area contributed by atoms with Gasteiger partial charge in [-0.05, 0) is 37.0 Å². The first-order valence-corrected chi connectivity index (χ1v) is 8.52. The van der Waals surface area contributed by atoms with Gasteiger partial charge < -0.3 is 4.90 Å². The van der Waals surface area contributed by atoms with Gasteiger partial charge in [0, 0.05) is 24.7 Å². The number of carbonyl (C=O) groups is 1. The molecule has 5 nitrogen and oxygen atoms in total. The van der Waals surface area contributed by atoms with Gasteiger partial charge in [0.1, 0.15) is 0 Å². The van der Waals surface area contributed by atoms with E-state index >= 15 is 0 Å². The van der Waals surface area contributed by atoms with Crippen LogP contribution in [-0.4, -0.2) is 22.2 Å². The lowest BCUT2D eigenvalue weighted by Gasteiger charge is -2.23. The SMILES string of the molecule is Cn1nc(C(=O)N2CCCCc3ccccc32)c2ccccc2c1=O. The zero-order chi connectivity index (χ0) is 17.4. The number of nitrogens with zero attached hydrogens (tertiary/aromatic N) is 3. The number of aryl methyl sites for hydroxylation is 2. The lowest BCUT2D eigenvalue weighted by molar-refractivity contribution is 0.0982. The molecule has 2 heterocycles. The van der Waals surface area contributed by atoms with Gasteiger partial charge >= 0.3 is 0 Å². The Bertz CT molecular complexity index is 1020. The number of hydrogen-bond acceptors (Lipinski definition) is 3. The molecule has 1 aromatic heterocycles. The predicted octanol–water partition coefficient (Wildman–Crippen LogP) is 2.92. The van der Waals surface area contributed by atoms with Crippen LogP contribution in [0.4, 0.5) is 5.69 Å². The second-order valence-electron chi connectivity index (χ2n) is 6.37. The molecule has 25 heavy (non-hydrogen) atoms. The van der Waals surface area contributed by atoms with E-state index in [4.69, 9.17) is 0 Å². The minimum atomic E-state index is -0.191. The van der Waals surface area contributed by atoms with E-state index in [0.29, 0.717) is 23.0 Å². The average Bonchev–Trinajstić information content (AvgIpc) is 2.87. The highest BCUT2D eigenvalue weighted by atomic mass is 16.2. The smallest absolute Gasteiger partial charge is 0.279 e. The number of benzene rings is 2. The number of amides is 1. The number of aromatic nitrogens is 2. The number of fused-ring (bicyclic) bond motifs is 2. The van der Waals surface area contributed by atoms with Crippen LogP contribution in [-0.2, 0) is 13.5 Å². The molecule has 4 rings (SSSR count). The summed E-state index contributed by atoms with van der Waals surface area (Å²) in [5, 5.41) is 5.42. The molecule has 5 heteroatoms. The van der Waals surface area contributed by atoms with Crippen LogP contribution in [0.1, 0.15) is 28.9 Å². The second kappa shape index (κ2) is 6.16. The Morgan fingerprint density at radius 2 is 1.72 bits per heavy atom. The van der Waals surface area contributed by atoms with Crippen molar-refractivity contribution in [1.82, 2.24) is 9.78 Å². The van der Waals surface area contributed by atoms with E-state index in [2.05, 4.69) is 11.2 Å². The van der Waals surface area contributed by atoms with Crippen LogP contribution < -0.4 is 10.5 Å². The first-order chi connectivity index (χ1) is 12.2. The Kier molecular flexibility index (Phi) is 3.84. The fourth-order valence-electron chi connectivity index (χ4n) is 3.49.